The zero-order valence-electron chi connectivity index (χ0n) is 22.4. The Labute approximate surface area is 238 Å². The fourth-order valence-corrected chi connectivity index (χ4v) is 6.49. The first kappa shape index (κ1) is 28.1. The zero-order chi connectivity index (χ0) is 30.1. The van der Waals surface area contributed by atoms with Gasteiger partial charge in [0.25, 0.3) is 15.9 Å². The number of alkyl halides is 4. The maximum Gasteiger partial charge on any atom is 0.398 e. The number of aromatic nitrogens is 3. The lowest BCUT2D eigenvalue weighted by Crippen LogP contribution is -2.31. The Hall–Kier alpha value is -4.04. The third-order valence-electron chi connectivity index (χ3n) is 7.50. The van der Waals surface area contributed by atoms with Gasteiger partial charge in [-0.1, -0.05) is 29.4 Å². The number of hydrogen-bond donors (Lipinski definition) is 2. The Morgan fingerprint density at radius 2 is 1.76 bits per heavy atom. The molecule has 1 saturated carbocycles. The first-order chi connectivity index (χ1) is 19.7. The van der Waals surface area contributed by atoms with Crippen LogP contribution in [0.1, 0.15) is 49.4 Å². The minimum absolute atomic E-state index is 0.00631. The van der Waals surface area contributed by atoms with Crippen LogP contribution < -0.4 is 9.62 Å². The van der Waals surface area contributed by atoms with E-state index in [2.05, 4.69) is 20.4 Å². The topological polar surface area (TPSA) is 121 Å². The molecule has 0 bridgehead atoms. The maximum absolute atomic E-state index is 14.2. The normalized spacial score (nSPS) is 16.3. The SMILES string of the molecule is CC(C)(O)c1nc(-c2cccc3c2N(S(=O)(=O)c2ccc(C4(C(F)(F)F)CC4)cc2)Cc2ccc(CF)nc2N3)no1. The van der Waals surface area contributed by atoms with Crippen LogP contribution in [0.3, 0.4) is 0 Å². The van der Waals surface area contributed by atoms with Crippen LogP contribution in [0.25, 0.3) is 11.4 Å². The molecule has 220 valence electrons. The van der Waals surface area contributed by atoms with E-state index in [9.17, 15) is 31.1 Å². The highest BCUT2D eigenvalue weighted by atomic mass is 32.2. The number of anilines is 3. The van der Waals surface area contributed by atoms with Gasteiger partial charge in [0.2, 0.25) is 5.82 Å². The highest BCUT2D eigenvalue weighted by molar-refractivity contribution is 7.92. The molecule has 2 aromatic carbocycles. The Morgan fingerprint density at radius 3 is 2.36 bits per heavy atom. The maximum atomic E-state index is 14.2. The number of nitrogens with one attached hydrogen (secondary N) is 1. The number of pyridine rings is 1. The van der Waals surface area contributed by atoms with Gasteiger partial charge in [0.1, 0.15) is 18.1 Å². The van der Waals surface area contributed by atoms with E-state index in [-0.39, 0.29) is 70.0 Å². The van der Waals surface area contributed by atoms with Crippen molar-refractivity contribution >= 4 is 27.2 Å². The molecule has 2 N–H and O–H groups in total. The van der Waals surface area contributed by atoms with Crippen LogP contribution in [0.15, 0.2) is 64.0 Å². The van der Waals surface area contributed by atoms with Crippen LogP contribution in [0.5, 0.6) is 0 Å². The van der Waals surface area contributed by atoms with Gasteiger partial charge in [0.05, 0.1) is 33.9 Å². The van der Waals surface area contributed by atoms with Gasteiger partial charge < -0.3 is 14.9 Å². The van der Waals surface area contributed by atoms with E-state index in [0.717, 1.165) is 4.31 Å². The van der Waals surface area contributed by atoms with E-state index < -0.39 is 33.9 Å². The van der Waals surface area contributed by atoms with Crippen molar-refractivity contribution in [2.24, 2.45) is 0 Å². The lowest BCUT2D eigenvalue weighted by atomic mass is 9.95. The van der Waals surface area contributed by atoms with Crippen LogP contribution in [-0.4, -0.2) is 34.8 Å². The van der Waals surface area contributed by atoms with Gasteiger partial charge in [-0.2, -0.15) is 18.2 Å². The summed E-state index contributed by atoms with van der Waals surface area (Å²) in [7, 11) is -4.41. The summed E-state index contributed by atoms with van der Waals surface area (Å²) in [5.41, 5.74) is -2.25. The fourth-order valence-electron chi connectivity index (χ4n) is 5.01. The Balaban J connectivity index is 1.50. The molecular weight excluding hydrogens is 578 g/mol. The lowest BCUT2D eigenvalue weighted by Gasteiger charge is -2.26. The fraction of sp³-hybridized carbons (Fsp3) is 0.321. The number of hydrogen-bond acceptors (Lipinski definition) is 8. The molecule has 0 saturated heterocycles. The average Bonchev–Trinajstić information content (AvgIpc) is 3.65. The van der Waals surface area contributed by atoms with Crippen LogP contribution in [0.4, 0.5) is 34.8 Å². The molecule has 42 heavy (non-hydrogen) atoms. The number of para-hydroxylation sites is 1. The van der Waals surface area contributed by atoms with Gasteiger partial charge in [0.15, 0.2) is 0 Å². The van der Waals surface area contributed by atoms with Crippen molar-refractivity contribution in [2.45, 2.75) is 62.0 Å². The molecule has 1 aliphatic carbocycles. The Bertz CT molecular complexity index is 1780. The van der Waals surface area contributed by atoms with Gasteiger partial charge in [0, 0.05) is 11.1 Å². The van der Waals surface area contributed by atoms with Crippen LogP contribution in [-0.2, 0) is 34.3 Å². The molecule has 14 heteroatoms. The predicted octanol–water partition coefficient (Wildman–Crippen LogP) is 5.87. The standard InChI is InChI=1S/C28H25F4N5O4S/c1-26(2,38)25-35-24(36-41-25)20-4-3-5-21-22(20)37(15-16-6-9-18(14-29)33-23(16)34-21)42(39,40)19-10-7-17(8-11-19)27(12-13-27)28(30,31)32/h3-11,38H,12-15H2,1-2H3,(H,33,34). The first-order valence-corrected chi connectivity index (χ1v) is 14.4. The minimum Gasteiger partial charge on any atom is -0.381 e. The number of rotatable bonds is 6. The van der Waals surface area contributed by atoms with Crippen LogP contribution >= 0.6 is 0 Å². The third kappa shape index (κ3) is 4.58. The summed E-state index contributed by atoms with van der Waals surface area (Å²) < 4.78 is 89.3. The van der Waals surface area contributed by atoms with E-state index in [1.807, 2.05) is 0 Å². The second-order valence-electron chi connectivity index (χ2n) is 10.9. The van der Waals surface area contributed by atoms with E-state index in [1.54, 1.807) is 24.3 Å². The number of aliphatic hydroxyl groups is 1. The molecule has 4 aromatic rings. The monoisotopic (exact) mass is 603 g/mol. The van der Waals surface area contributed by atoms with E-state index in [4.69, 9.17) is 4.52 Å². The molecule has 1 aliphatic heterocycles. The van der Waals surface area contributed by atoms with Crippen LogP contribution in [0, 0.1) is 0 Å². The second-order valence-corrected chi connectivity index (χ2v) is 12.7. The number of halogens is 4. The van der Waals surface area contributed by atoms with Crippen molar-refractivity contribution < 1.29 is 35.6 Å². The van der Waals surface area contributed by atoms with Gasteiger partial charge in [-0.05, 0) is 62.6 Å². The largest absolute Gasteiger partial charge is 0.398 e. The van der Waals surface area contributed by atoms with Gasteiger partial charge in [-0.15, -0.1) is 0 Å². The summed E-state index contributed by atoms with van der Waals surface area (Å²) in [5, 5.41) is 17.4. The number of benzene rings is 2. The van der Waals surface area contributed by atoms with Crippen molar-refractivity contribution in [2.75, 3.05) is 9.62 Å². The molecule has 2 aliphatic rings. The van der Waals surface area contributed by atoms with Gasteiger partial charge in [-0.25, -0.2) is 17.8 Å². The highest BCUT2D eigenvalue weighted by Crippen LogP contribution is 2.59. The van der Waals surface area contributed by atoms with Gasteiger partial charge in [-0.3, -0.25) is 4.31 Å². The van der Waals surface area contributed by atoms with Crippen molar-refractivity contribution in [1.82, 2.24) is 15.1 Å². The Morgan fingerprint density at radius 1 is 1.05 bits per heavy atom. The molecule has 6 rings (SSSR count). The summed E-state index contributed by atoms with van der Waals surface area (Å²) in [6, 6.07) is 12.5. The number of fused-ring (bicyclic) bond motifs is 2. The van der Waals surface area contributed by atoms with Crippen molar-refractivity contribution in [3.8, 4) is 11.4 Å². The van der Waals surface area contributed by atoms with Crippen molar-refractivity contribution in [1.29, 1.82) is 0 Å². The summed E-state index contributed by atoms with van der Waals surface area (Å²) in [5.74, 6) is 0.131. The third-order valence-corrected chi connectivity index (χ3v) is 9.26. The molecule has 0 amide bonds. The van der Waals surface area contributed by atoms with Crippen LogP contribution in [0.2, 0.25) is 0 Å². The number of sulfonamides is 1. The first-order valence-electron chi connectivity index (χ1n) is 13.0. The summed E-state index contributed by atoms with van der Waals surface area (Å²) in [6.45, 7) is 1.82. The van der Waals surface area contributed by atoms with E-state index in [0.29, 0.717) is 5.56 Å². The average molecular weight is 604 g/mol. The Kier molecular flexibility index (Phi) is 6.35. The lowest BCUT2D eigenvalue weighted by molar-refractivity contribution is -0.160. The molecule has 0 unspecified atom stereocenters. The summed E-state index contributed by atoms with van der Waals surface area (Å²) in [6.07, 6.45) is -4.56. The molecule has 0 atom stereocenters. The highest BCUT2D eigenvalue weighted by Gasteiger charge is 2.64. The predicted molar refractivity (Wildman–Crippen MR) is 144 cm³/mol. The second kappa shape index (κ2) is 9.49. The van der Waals surface area contributed by atoms with Crippen molar-refractivity contribution in [3.05, 3.63) is 77.3 Å². The summed E-state index contributed by atoms with van der Waals surface area (Å²) >= 11 is 0. The quantitative estimate of drug-likeness (QED) is 0.262. The molecule has 2 aromatic heterocycles. The van der Waals surface area contributed by atoms with Gasteiger partial charge >= 0.3 is 6.18 Å². The number of nitrogens with zero attached hydrogens (tertiary/aromatic N) is 4. The molecule has 0 spiro atoms. The smallest absolute Gasteiger partial charge is 0.381 e. The molecule has 0 radical (unpaired) electrons. The molecule has 9 nitrogen and oxygen atoms in total. The minimum atomic E-state index is -4.44. The molecule has 1 fully saturated rings. The molecular formula is C28H25F4N5O4S. The van der Waals surface area contributed by atoms with E-state index in [1.165, 1.54) is 44.2 Å². The molecule has 3 heterocycles. The summed E-state index contributed by atoms with van der Waals surface area (Å²) in [4.78, 5) is 8.34. The van der Waals surface area contributed by atoms with E-state index >= 15 is 0 Å². The van der Waals surface area contributed by atoms with Crippen molar-refractivity contribution in [3.63, 3.8) is 0 Å². The zero-order valence-corrected chi connectivity index (χ0v) is 23.2.